The molecule has 1 aromatic rings. The molecule has 0 unspecified atom stereocenters. The molecule has 0 bridgehead atoms. The molecule has 0 aromatic heterocycles. The standard InChI is InChI=1S/C23H37N3O4/c1-6-8-9-18(7-2)23(29)26(15-17(3)4)16-22(28)24-14-21(27)25-19-10-12-20(30-5)13-11-19/h10-13,17-18H,6-9,14-16H2,1-5H3,(H,24,28)(H,25,27)/t18-/m1/s1. The highest BCUT2D eigenvalue weighted by Crippen LogP contribution is 2.17. The third-order valence-corrected chi connectivity index (χ3v) is 4.80. The maximum Gasteiger partial charge on any atom is 0.243 e. The van der Waals surface area contributed by atoms with E-state index in [1.807, 2.05) is 20.8 Å². The van der Waals surface area contributed by atoms with Gasteiger partial charge in [0, 0.05) is 18.2 Å². The van der Waals surface area contributed by atoms with Crippen molar-refractivity contribution in [2.75, 3.05) is 32.1 Å². The summed E-state index contributed by atoms with van der Waals surface area (Å²) < 4.78 is 5.08. The number of nitrogens with one attached hydrogen (secondary N) is 2. The maximum absolute atomic E-state index is 12.9. The summed E-state index contributed by atoms with van der Waals surface area (Å²) in [7, 11) is 1.57. The lowest BCUT2D eigenvalue weighted by atomic mass is 9.97. The van der Waals surface area contributed by atoms with Gasteiger partial charge in [0.1, 0.15) is 5.75 Å². The molecule has 0 radical (unpaired) electrons. The van der Waals surface area contributed by atoms with Crippen molar-refractivity contribution in [3.05, 3.63) is 24.3 Å². The number of hydrogen-bond acceptors (Lipinski definition) is 4. The fraction of sp³-hybridized carbons (Fsp3) is 0.609. The van der Waals surface area contributed by atoms with E-state index in [0.29, 0.717) is 18.0 Å². The third kappa shape index (κ3) is 9.29. The van der Waals surface area contributed by atoms with Gasteiger partial charge in [0.15, 0.2) is 0 Å². The van der Waals surface area contributed by atoms with Gasteiger partial charge in [0.05, 0.1) is 20.2 Å². The van der Waals surface area contributed by atoms with Crippen LogP contribution in [0.25, 0.3) is 0 Å². The lowest BCUT2D eigenvalue weighted by Crippen LogP contribution is -2.46. The molecule has 0 saturated heterocycles. The first-order valence-electron chi connectivity index (χ1n) is 10.8. The van der Waals surface area contributed by atoms with Crippen LogP contribution >= 0.6 is 0 Å². The van der Waals surface area contributed by atoms with Crippen molar-refractivity contribution in [1.29, 1.82) is 0 Å². The van der Waals surface area contributed by atoms with Crippen molar-refractivity contribution in [2.24, 2.45) is 11.8 Å². The molecule has 168 valence electrons. The SMILES string of the molecule is CCCC[C@@H](CC)C(=O)N(CC(=O)NCC(=O)Nc1ccc(OC)cc1)CC(C)C. The van der Waals surface area contributed by atoms with E-state index < -0.39 is 0 Å². The summed E-state index contributed by atoms with van der Waals surface area (Å²) in [5, 5.41) is 5.33. The Hall–Kier alpha value is -2.57. The number of methoxy groups -OCH3 is 1. The number of rotatable bonds is 13. The molecule has 1 atom stereocenters. The van der Waals surface area contributed by atoms with Crippen LogP contribution in [0.3, 0.4) is 0 Å². The van der Waals surface area contributed by atoms with Crippen LogP contribution in [0.5, 0.6) is 5.75 Å². The molecule has 1 rings (SSSR count). The molecule has 3 amide bonds. The van der Waals surface area contributed by atoms with E-state index in [-0.39, 0.29) is 42.6 Å². The van der Waals surface area contributed by atoms with Crippen LogP contribution in [-0.4, -0.2) is 49.4 Å². The molecule has 1 aromatic carbocycles. The third-order valence-electron chi connectivity index (χ3n) is 4.80. The summed E-state index contributed by atoms with van der Waals surface area (Å²) in [5.41, 5.74) is 0.619. The van der Waals surface area contributed by atoms with Crippen molar-refractivity contribution in [3.63, 3.8) is 0 Å². The first-order chi connectivity index (χ1) is 14.3. The monoisotopic (exact) mass is 419 g/mol. The van der Waals surface area contributed by atoms with Gasteiger partial charge in [-0.2, -0.15) is 0 Å². The van der Waals surface area contributed by atoms with Crippen LogP contribution in [0.15, 0.2) is 24.3 Å². The number of carbonyl (C=O) groups excluding carboxylic acids is 3. The van der Waals surface area contributed by atoms with Gasteiger partial charge in [-0.05, 0) is 43.0 Å². The molecule has 0 aliphatic carbocycles. The zero-order valence-corrected chi connectivity index (χ0v) is 19.0. The minimum atomic E-state index is -0.334. The lowest BCUT2D eigenvalue weighted by Gasteiger charge is -2.28. The Morgan fingerprint density at radius 1 is 1.07 bits per heavy atom. The van der Waals surface area contributed by atoms with E-state index in [0.717, 1.165) is 25.7 Å². The molecule has 0 saturated carbocycles. The number of carbonyl (C=O) groups is 3. The van der Waals surface area contributed by atoms with Crippen LogP contribution < -0.4 is 15.4 Å². The number of benzene rings is 1. The van der Waals surface area contributed by atoms with Gasteiger partial charge in [-0.25, -0.2) is 0 Å². The number of ether oxygens (including phenoxy) is 1. The predicted octanol–water partition coefficient (Wildman–Crippen LogP) is 3.45. The van der Waals surface area contributed by atoms with Gasteiger partial charge in [-0.1, -0.05) is 40.5 Å². The minimum Gasteiger partial charge on any atom is -0.497 e. The number of nitrogens with zero attached hydrogens (tertiary/aromatic N) is 1. The van der Waals surface area contributed by atoms with Crippen molar-refractivity contribution in [3.8, 4) is 5.75 Å². The predicted molar refractivity (Wildman–Crippen MR) is 119 cm³/mol. The van der Waals surface area contributed by atoms with Crippen LogP contribution in [0, 0.1) is 11.8 Å². The summed E-state index contributed by atoms with van der Waals surface area (Å²) in [6.07, 6.45) is 3.64. The second-order valence-electron chi connectivity index (χ2n) is 7.91. The molecule has 7 heteroatoms. The molecule has 0 aliphatic rings. The van der Waals surface area contributed by atoms with E-state index >= 15 is 0 Å². The van der Waals surface area contributed by atoms with Crippen molar-refractivity contribution in [1.82, 2.24) is 10.2 Å². The summed E-state index contributed by atoms with van der Waals surface area (Å²) >= 11 is 0. The van der Waals surface area contributed by atoms with Gasteiger partial charge < -0.3 is 20.3 Å². The number of unbranched alkanes of at least 4 members (excludes halogenated alkanes) is 1. The Balaban J connectivity index is 2.59. The molecule has 2 N–H and O–H groups in total. The van der Waals surface area contributed by atoms with Gasteiger partial charge >= 0.3 is 0 Å². The fourth-order valence-corrected chi connectivity index (χ4v) is 3.17. The topological polar surface area (TPSA) is 87.7 Å². The largest absolute Gasteiger partial charge is 0.497 e. The summed E-state index contributed by atoms with van der Waals surface area (Å²) in [5.74, 6) is 0.251. The van der Waals surface area contributed by atoms with Crippen LogP contribution in [0.4, 0.5) is 5.69 Å². The van der Waals surface area contributed by atoms with E-state index in [2.05, 4.69) is 17.6 Å². The highest BCUT2D eigenvalue weighted by Gasteiger charge is 2.25. The number of hydrogen-bond donors (Lipinski definition) is 2. The van der Waals surface area contributed by atoms with Crippen LogP contribution in [0.1, 0.15) is 53.4 Å². The second-order valence-corrected chi connectivity index (χ2v) is 7.91. The minimum absolute atomic E-state index is 0.0254. The Kier molecular flexibility index (Phi) is 11.6. The zero-order valence-electron chi connectivity index (χ0n) is 19.0. The van der Waals surface area contributed by atoms with Gasteiger partial charge in [0.2, 0.25) is 17.7 Å². The van der Waals surface area contributed by atoms with Gasteiger partial charge in [-0.3, -0.25) is 14.4 Å². The molecule has 0 fully saturated rings. The second kappa shape index (κ2) is 13.6. The van der Waals surface area contributed by atoms with E-state index in [1.165, 1.54) is 0 Å². The first-order valence-corrected chi connectivity index (χ1v) is 10.8. The zero-order chi connectivity index (χ0) is 22.5. The summed E-state index contributed by atoms with van der Waals surface area (Å²) in [6, 6.07) is 6.93. The lowest BCUT2D eigenvalue weighted by molar-refractivity contribution is -0.140. The molecule has 7 nitrogen and oxygen atoms in total. The van der Waals surface area contributed by atoms with E-state index in [1.54, 1.807) is 36.3 Å². The van der Waals surface area contributed by atoms with Crippen LogP contribution in [-0.2, 0) is 14.4 Å². The Bertz CT molecular complexity index is 674. The molecular weight excluding hydrogens is 382 g/mol. The number of anilines is 1. The Morgan fingerprint density at radius 2 is 1.73 bits per heavy atom. The molecular formula is C23H37N3O4. The summed E-state index contributed by atoms with van der Waals surface area (Å²) in [6.45, 7) is 8.49. The Labute approximate surface area is 180 Å². The van der Waals surface area contributed by atoms with E-state index in [9.17, 15) is 14.4 Å². The van der Waals surface area contributed by atoms with Crippen molar-refractivity contribution >= 4 is 23.4 Å². The van der Waals surface area contributed by atoms with E-state index in [4.69, 9.17) is 4.74 Å². The molecule has 0 heterocycles. The average Bonchev–Trinajstić information content (AvgIpc) is 2.72. The molecule has 0 aliphatic heterocycles. The fourth-order valence-electron chi connectivity index (χ4n) is 3.17. The highest BCUT2D eigenvalue weighted by atomic mass is 16.5. The van der Waals surface area contributed by atoms with Crippen molar-refractivity contribution < 1.29 is 19.1 Å². The average molecular weight is 420 g/mol. The van der Waals surface area contributed by atoms with Gasteiger partial charge in [0.25, 0.3) is 0 Å². The van der Waals surface area contributed by atoms with Crippen molar-refractivity contribution in [2.45, 2.75) is 53.4 Å². The number of amides is 3. The maximum atomic E-state index is 12.9. The van der Waals surface area contributed by atoms with Crippen LogP contribution in [0.2, 0.25) is 0 Å². The first kappa shape index (κ1) is 25.5. The normalized spacial score (nSPS) is 11.7. The van der Waals surface area contributed by atoms with Gasteiger partial charge in [-0.15, -0.1) is 0 Å². The smallest absolute Gasteiger partial charge is 0.243 e. The molecule has 0 spiro atoms. The molecule has 30 heavy (non-hydrogen) atoms. The highest BCUT2D eigenvalue weighted by molar-refractivity contribution is 5.95. The summed E-state index contributed by atoms with van der Waals surface area (Å²) in [4.78, 5) is 39.1. The Morgan fingerprint density at radius 3 is 2.27 bits per heavy atom. The quantitative estimate of drug-likeness (QED) is 0.513.